The molecule has 1 aliphatic rings. The van der Waals surface area contributed by atoms with Gasteiger partial charge in [-0.25, -0.2) is 0 Å². The third kappa shape index (κ3) is 2.68. The molecule has 0 spiro atoms. The summed E-state index contributed by atoms with van der Waals surface area (Å²) in [6.45, 7) is 3.21. The monoisotopic (exact) mass is 283 g/mol. The van der Waals surface area contributed by atoms with Crippen molar-refractivity contribution in [3.8, 4) is 0 Å². The van der Waals surface area contributed by atoms with Gasteiger partial charge in [-0.3, -0.25) is 4.79 Å². The van der Waals surface area contributed by atoms with Crippen LogP contribution in [0.3, 0.4) is 0 Å². The summed E-state index contributed by atoms with van der Waals surface area (Å²) >= 11 is 6.26. The van der Waals surface area contributed by atoms with Crippen LogP contribution in [0, 0.1) is 0 Å². The summed E-state index contributed by atoms with van der Waals surface area (Å²) in [5.74, 6) is -0.0603. The van der Waals surface area contributed by atoms with Crippen molar-refractivity contribution in [3.63, 3.8) is 0 Å². The largest absolute Gasteiger partial charge is 0.395 e. The van der Waals surface area contributed by atoms with Crippen LogP contribution in [0.2, 0.25) is 5.02 Å². The lowest BCUT2D eigenvalue weighted by molar-refractivity contribution is -0.117. The molecule has 0 bridgehead atoms. The van der Waals surface area contributed by atoms with Crippen molar-refractivity contribution in [2.75, 3.05) is 37.0 Å². The van der Waals surface area contributed by atoms with Crippen LogP contribution in [0.4, 0.5) is 11.4 Å². The highest BCUT2D eigenvalue weighted by Crippen LogP contribution is 2.38. The minimum Gasteiger partial charge on any atom is -0.395 e. The normalized spacial score (nSPS) is 17.3. The first-order chi connectivity index (χ1) is 9.08. The van der Waals surface area contributed by atoms with Crippen LogP contribution in [0.25, 0.3) is 0 Å². The Kier molecular flexibility index (Phi) is 4.29. The molecule has 0 radical (unpaired) electrons. The molecule has 1 atom stereocenters. The molecular weight excluding hydrogens is 266 g/mol. The second-order valence-electron chi connectivity index (χ2n) is 4.52. The number of nitrogens with one attached hydrogen (secondary N) is 2. The van der Waals surface area contributed by atoms with E-state index < -0.39 is 0 Å². The van der Waals surface area contributed by atoms with Crippen LogP contribution in [-0.4, -0.2) is 37.8 Å². The molecule has 0 aliphatic carbocycles. The van der Waals surface area contributed by atoms with E-state index in [4.69, 9.17) is 16.7 Å². The maximum absolute atomic E-state index is 11.9. The number of carbonyl (C=O) groups excluding carboxylic acids is 1. The van der Waals surface area contributed by atoms with E-state index in [1.54, 1.807) is 0 Å². The summed E-state index contributed by atoms with van der Waals surface area (Å²) in [6.07, 6.45) is 0. The van der Waals surface area contributed by atoms with Gasteiger partial charge in [-0.1, -0.05) is 18.5 Å². The Morgan fingerprint density at radius 3 is 2.89 bits per heavy atom. The third-order valence-electron chi connectivity index (χ3n) is 3.20. The topological polar surface area (TPSA) is 64.6 Å². The molecule has 1 aliphatic heterocycles. The van der Waals surface area contributed by atoms with E-state index in [-0.39, 0.29) is 18.6 Å². The average molecular weight is 284 g/mol. The standard InChI is InChI=1S/C13H18ClN3O2/c1-3-15-12-8-6-9(14)11(17(2)4-5-18)7-10(8)16-13(12)19/h6-7,12,15,18H,3-5H2,1-2H3,(H,16,19). The highest BCUT2D eigenvalue weighted by molar-refractivity contribution is 6.33. The van der Waals surface area contributed by atoms with Gasteiger partial charge in [0, 0.05) is 24.8 Å². The number of hydrogen-bond acceptors (Lipinski definition) is 4. The van der Waals surface area contributed by atoms with Gasteiger partial charge in [0.05, 0.1) is 17.3 Å². The van der Waals surface area contributed by atoms with E-state index >= 15 is 0 Å². The van der Waals surface area contributed by atoms with Gasteiger partial charge in [0.1, 0.15) is 6.04 Å². The molecular formula is C13H18ClN3O2. The first kappa shape index (κ1) is 14.1. The minimum absolute atomic E-state index is 0.0519. The van der Waals surface area contributed by atoms with E-state index in [0.717, 1.165) is 16.9 Å². The molecule has 0 saturated carbocycles. The van der Waals surface area contributed by atoms with Crippen LogP contribution in [0.15, 0.2) is 12.1 Å². The second kappa shape index (κ2) is 5.77. The maximum atomic E-state index is 11.9. The number of amides is 1. The average Bonchev–Trinajstić information content (AvgIpc) is 2.66. The van der Waals surface area contributed by atoms with Crippen molar-refractivity contribution >= 4 is 28.9 Å². The Morgan fingerprint density at radius 2 is 2.26 bits per heavy atom. The summed E-state index contributed by atoms with van der Waals surface area (Å²) in [7, 11) is 1.85. The van der Waals surface area contributed by atoms with Crippen LogP contribution in [-0.2, 0) is 4.79 Å². The number of carbonyl (C=O) groups is 1. The van der Waals surface area contributed by atoms with Crippen LogP contribution in [0.5, 0.6) is 0 Å². The van der Waals surface area contributed by atoms with Gasteiger partial charge in [-0.2, -0.15) is 0 Å². The van der Waals surface area contributed by atoms with Crippen molar-refractivity contribution < 1.29 is 9.90 Å². The first-order valence-electron chi connectivity index (χ1n) is 6.28. The minimum atomic E-state index is -0.338. The molecule has 1 aromatic carbocycles. The molecule has 19 heavy (non-hydrogen) atoms. The predicted octanol–water partition coefficient (Wildman–Crippen LogP) is 1.37. The zero-order valence-electron chi connectivity index (χ0n) is 11.0. The molecule has 0 fully saturated rings. The number of aliphatic hydroxyl groups is 1. The molecule has 5 nitrogen and oxygen atoms in total. The number of benzene rings is 1. The number of rotatable bonds is 5. The Labute approximate surface area is 117 Å². The van der Waals surface area contributed by atoms with Gasteiger partial charge in [-0.05, 0) is 18.7 Å². The van der Waals surface area contributed by atoms with E-state index in [9.17, 15) is 4.79 Å². The van der Waals surface area contributed by atoms with Crippen molar-refractivity contribution in [3.05, 3.63) is 22.7 Å². The summed E-state index contributed by atoms with van der Waals surface area (Å²) in [6, 6.07) is 3.32. The summed E-state index contributed by atoms with van der Waals surface area (Å²) in [5, 5.41) is 15.5. The van der Waals surface area contributed by atoms with E-state index in [0.29, 0.717) is 18.1 Å². The summed E-state index contributed by atoms with van der Waals surface area (Å²) < 4.78 is 0. The van der Waals surface area contributed by atoms with Crippen LogP contribution in [0.1, 0.15) is 18.5 Å². The van der Waals surface area contributed by atoms with Gasteiger partial charge in [0.15, 0.2) is 0 Å². The first-order valence-corrected chi connectivity index (χ1v) is 6.66. The molecule has 1 amide bonds. The Morgan fingerprint density at radius 1 is 1.53 bits per heavy atom. The molecule has 3 N–H and O–H groups in total. The lowest BCUT2D eigenvalue weighted by atomic mass is 10.1. The zero-order chi connectivity index (χ0) is 14.0. The zero-order valence-corrected chi connectivity index (χ0v) is 11.8. The van der Waals surface area contributed by atoms with Crippen molar-refractivity contribution in [1.82, 2.24) is 5.32 Å². The number of aliphatic hydroxyl groups excluding tert-OH is 1. The Bertz CT molecular complexity index is 493. The SMILES string of the molecule is CCNC1C(=O)Nc2cc(N(C)CCO)c(Cl)cc21. The Hall–Kier alpha value is -1.30. The number of anilines is 2. The molecule has 0 aromatic heterocycles. The summed E-state index contributed by atoms with van der Waals surface area (Å²) in [4.78, 5) is 13.7. The van der Waals surface area contributed by atoms with Gasteiger partial charge in [0.2, 0.25) is 5.91 Å². The van der Waals surface area contributed by atoms with Gasteiger partial charge in [-0.15, -0.1) is 0 Å². The molecule has 0 saturated heterocycles. The molecule has 2 rings (SSSR count). The lowest BCUT2D eigenvalue weighted by Gasteiger charge is -2.20. The molecule has 1 heterocycles. The van der Waals surface area contributed by atoms with Crippen LogP contribution < -0.4 is 15.5 Å². The van der Waals surface area contributed by atoms with Crippen molar-refractivity contribution in [1.29, 1.82) is 0 Å². The fourth-order valence-corrected chi connectivity index (χ4v) is 2.56. The third-order valence-corrected chi connectivity index (χ3v) is 3.51. The number of likely N-dealkylation sites (N-methyl/N-ethyl adjacent to an activating group) is 2. The lowest BCUT2D eigenvalue weighted by Crippen LogP contribution is -2.27. The maximum Gasteiger partial charge on any atom is 0.246 e. The molecule has 104 valence electrons. The number of halogens is 1. The predicted molar refractivity (Wildman–Crippen MR) is 76.9 cm³/mol. The highest BCUT2D eigenvalue weighted by atomic mass is 35.5. The highest BCUT2D eigenvalue weighted by Gasteiger charge is 2.31. The summed E-state index contributed by atoms with van der Waals surface area (Å²) in [5.41, 5.74) is 2.45. The molecule has 1 aromatic rings. The molecule has 6 heteroatoms. The smallest absolute Gasteiger partial charge is 0.246 e. The van der Waals surface area contributed by atoms with Gasteiger partial charge in [0.25, 0.3) is 0 Å². The van der Waals surface area contributed by atoms with Crippen molar-refractivity contribution in [2.24, 2.45) is 0 Å². The Balaban J connectivity index is 2.35. The molecule has 1 unspecified atom stereocenters. The van der Waals surface area contributed by atoms with Gasteiger partial charge < -0.3 is 20.6 Å². The van der Waals surface area contributed by atoms with Gasteiger partial charge >= 0.3 is 0 Å². The fourth-order valence-electron chi connectivity index (χ4n) is 2.24. The number of fused-ring (bicyclic) bond motifs is 1. The second-order valence-corrected chi connectivity index (χ2v) is 4.92. The van der Waals surface area contributed by atoms with E-state index in [1.165, 1.54) is 0 Å². The van der Waals surface area contributed by atoms with Crippen molar-refractivity contribution in [2.45, 2.75) is 13.0 Å². The van der Waals surface area contributed by atoms with E-state index in [1.807, 2.05) is 31.0 Å². The fraction of sp³-hybridized carbons (Fsp3) is 0.462. The number of nitrogens with zero attached hydrogens (tertiary/aromatic N) is 1. The van der Waals surface area contributed by atoms with Crippen LogP contribution >= 0.6 is 11.6 Å². The quantitative estimate of drug-likeness (QED) is 0.764. The number of hydrogen-bond donors (Lipinski definition) is 3. The van der Waals surface area contributed by atoms with E-state index in [2.05, 4.69) is 10.6 Å².